The molecule has 2 fully saturated rings. The number of hydrogen-bond donors (Lipinski definition) is 1. The normalized spacial score (nSPS) is 45.7. The summed E-state index contributed by atoms with van der Waals surface area (Å²) in [4.78, 5) is 11.4. The van der Waals surface area contributed by atoms with Gasteiger partial charge in [0.1, 0.15) is 0 Å². The van der Waals surface area contributed by atoms with Crippen LogP contribution in [0.4, 0.5) is 0 Å². The van der Waals surface area contributed by atoms with E-state index in [9.17, 15) is 9.90 Å². The third-order valence-corrected chi connectivity index (χ3v) is 4.10. The lowest BCUT2D eigenvalue weighted by atomic mass is 9.64. The number of rotatable bonds is 3. The first-order valence-corrected chi connectivity index (χ1v) is 5.53. The van der Waals surface area contributed by atoms with Crippen LogP contribution < -0.4 is 0 Å². The van der Waals surface area contributed by atoms with E-state index in [4.69, 9.17) is 4.74 Å². The second-order valence-corrected chi connectivity index (χ2v) is 4.57. The Morgan fingerprint density at radius 2 is 2.21 bits per heavy atom. The summed E-state index contributed by atoms with van der Waals surface area (Å²) in [6.45, 7) is 4.07. The molecule has 14 heavy (non-hydrogen) atoms. The SMILES string of the molecule is CCC1C[C@@H]2O[C@@H]2CC1(CC)C(=O)O. The number of carboxylic acids is 1. The summed E-state index contributed by atoms with van der Waals surface area (Å²) in [5, 5.41) is 9.37. The van der Waals surface area contributed by atoms with Gasteiger partial charge in [-0.25, -0.2) is 0 Å². The molecule has 0 amide bonds. The molecule has 1 heterocycles. The molecule has 80 valence electrons. The van der Waals surface area contributed by atoms with Crippen molar-refractivity contribution in [3.05, 3.63) is 0 Å². The Labute approximate surface area is 84.4 Å². The lowest BCUT2D eigenvalue weighted by Gasteiger charge is -2.38. The Balaban J connectivity index is 2.22. The van der Waals surface area contributed by atoms with Crippen LogP contribution in [0.3, 0.4) is 0 Å². The fourth-order valence-corrected chi connectivity index (χ4v) is 3.00. The Morgan fingerprint density at radius 3 is 2.71 bits per heavy atom. The van der Waals surface area contributed by atoms with E-state index in [2.05, 4.69) is 6.92 Å². The zero-order chi connectivity index (χ0) is 10.3. The van der Waals surface area contributed by atoms with Gasteiger partial charge < -0.3 is 9.84 Å². The van der Waals surface area contributed by atoms with E-state index >= 15 is 0 Å². The summed E-state index contributed by atoms with van der Waals surface area (Å²) in [6, 6.07) is 0. The van der Waals surface area contributed by atoms with E-state index in [1.54, 1.807) is 0 Å². The monoisotopic (exact) mass is 198 g/mol. The van der Waals surface area contributed by atoms with Gasteiger partial charge in [0.2, 0.25) is 0 Å². The van der Waals surface area contributed by atoms with Gasteiger partial charge in [-0.2, -0.15) is 0 Å². The molecule has 2 unspecified atom stereocenters. The molecule has 3 nitrogen and oxygen atoms in total. The summed E-state index contributed by atoms with van der Waals surface area (Å²) >= 11 is 0. The minimum Gasteiger partial charge on any atom is -0.481 e. The maximum Gasteiger partial charge on any atom is 0.310 e. The van der Waals surface area contributed by atoms with Crippen LogP contribution in [-0.2, 0) is 9.53 Å². The van der Waals surface area contributed by atoms with Gasteiger partial charge in [-0.05, 0) is 25.2 Å². The van der Waals surface area contributed by atoms with Crippen molar-refractivity contribution in [2.75, 3.05) is 0 Å². The maximum atomic E-state index is 11.4. The van der Waals surface area contributed by atoms with Gasteiger partial charge in [0.25, 0.3) is 0 Å². The van der Waals surface area contributed by atoms with Gasteiger partial charge in [-0.1, -0.05) is 20.3 Å². The van der Waals surface area contributed by atoms with Crippen LogP contribution in [0.2, 0.25) is 0 Å². The molecule has 1 aliphatic heterocycles. The fraction of sp³-hybridized carbons (Fsp3) is 0.909. The molecule has 4 atom stereocenters. The summed E-state index contributed by atoms with van der Waals surface area (Å²) in [7, 11) is 0. The molecule has 2 aliphatic rings. The lowest BCUT2D eigenvalue weighted by Crippen LogP contribution is -2.42. The maximum absolute atomic E-state index is 11.4. The Kier molecular flexibility index (Phi) is 2.30. The molecular formula is C11H18O3. The van der Waals surface area contributed by atoms with Crippen molar-refractivity contribution >= 4 is 5.97 Å². The number of epoxide rings is 1. The largest absolute Gasteiger partial charge is 0.481 e. The summed E-state index contributed by atoms with van der Waals surface area (Å²) in [5.41, 5.74) is -0.508. The summed E-state index contributed by atoms with van der Waals surface area (Å²) in [5.74, 6) is -0.324. The van der Waals surface area contributed by atoms with Crippen LogP contribution in [0.15, 0.2) is 0 Å². The Morgan fingerprint density at radius 1 is 1.50 bits per heavy atom. The highest BCUT2D eigenvalue weighted by molar-refractivity contribution is 5.75. The lowest BCUT2D eigenvalue weighted by molar-refractivity contribution is -0.155. The third-order valence-electron chi connectivity index (χ3n) is 4.10. The molecule has 0 aromatic heterocycles. The van der Waals surface area contributed by atoms with Crippen molar-refractivity contribution in [3.8, 4) is 0 Å². The number of carboxylic acid groups (broad SMARTS) is 1. The minimum absolute atomic E-state index is 0.244. The van der Waals surface area contributed by atoms with Gasteiger partial charge in [-0.3, -0.25) is 4.79 Å². The number of ether oxygens (including phenoxy) is 1. The Hall–Kier alpha value is -0.570. The van der Waals surface area contributed by atoms with Crippen molar-refractivity contribution < 1.29 is 14.6 Å². The molecule has 0 spiro atoms. The third kappa shape index (κ3) is 1.26. The van der Waals surface area contributed by atoms with Crippen LogP contribution in [0.5, 0.6) is 0 Å². The second-order valence-electron chi connectivity index (χ2n) is 4.57. The van der Waals surface area contributed by atoms with Crippen molar-refractivity contribution in [3.63, 3.8) is 0 Å². The number of aliphatic carboxylic acids is 1. The van der Waals surface area contributed by atoms with E-state index in [1.165, 1.54) is 0 Å². The molecule has 0 radical (unpaired) electrons. The molecule has 0 aromatic rings. The molecule has 2 rings (SSSR count). The summed E-state index contributed by atoms with van der Waals surface area (Å²) < 4.78 is 5.45. The molecule has 3 heteroatoms. The van der Waals surface area contributed by atoms with Gasteiger partial charge in [-0.15, -0.1) is 0 Å². The van der Waals surface area contributed by atoms with Crippen LogP contribution >= 0.6 is 0 Å². The first-order valence-electron chi connectivity index (χ1n) is 5.53. The topological polar surface area (TPSA) is 49.8 Å². The number of fused-ring (bicyclic) bond motifs is 1. The molecule has 0 bridgehead atoms. The predicted octanol–water partition coefficient (Wildman–Crippen LogP) is 2.05. The van der Waals surface area contributed by atoms with Gasteiger partial charge in [0.05, 0.1) is 17.6 Å². The van der Waals surface area contributed by atoms with Crippen LogP contribution in [0, 0.1) is 11.3 Å². The highest BCUT2D eigenvalue weighted by Gasteiger charge is 2.57. The van der Waals surface area contributed by atoms with Crippen LogP contribution in [0.1, 0.15) is 39.5 Å². The van der Waals surface area contributed by atoms with Gasteiger partial charge >= 0.3 is 5.97 Å². The molecule has 1 aliphatic carbocycles. The van der Waals surface area contributed by atoms with E-state index < -0.39 is 11.4 Å². The van der Waals surface area contributed by atoms with E-state index in [0.717, 1.165) is 25.7 Å². The summed E-state index contributed by atoms with van der Waals surface area (Å²) in [6.07, 6.45) is 3.97. The molecule has 1 N–H and O–H groups in total. The Bertz CT molecular complexity index is 251. The van der Waals surface area contributed by atoms with Crippen LogP contribution in [-0.4, -0.2) is 23.3 Å². The number of hydrogen-bond acceptors (Lipinski definition) is 2. The van der Waals surface area contributed by atoms with Gasteiger partial charge in [0.15, 0.2) is 0 Å². The molecular weight excluding hydrogens is 180 g/mol. The smallest absolute Gasteiger partial charge is 0.310 e. The second kappa shape index (κ2) is 3.23. The highest BCUT2D eigenvalue weighted by atomic mass is 16.6. The molecule has 0 aromatic carbocycles. The first kappa shape index (κ1) is 9.97. The molecule has 1 saturated carbocycles. The van der Waals surface area contributed by atoms with Crippen molar-refractivity contribution in [2.45, 2.75) is 51.7 Å². The van der Waals surface area contributed by atoms with Crippen molar-refractivity contribution in [2.24, 2.45) is 11.3 Å². The molecule has 1 saturated heterocycles. The zero-order valence-electron chi connectivity index (χ0n) is 8.82. The van der Waals surface area contributed by atoms with E-state index in [0.29, 0.717) is 12.0 Å². The minimum atomic E-state index is -0.624. The van der Waals surface area contributed by atoms with E-state index in [1.807, 2.05) is 6.92 Å². The van der Waals surface area contributed by atoms with Crippen molar-refractivity contribution in [1.82, 2.24) is 0 Å². The van der Waals surface area contributed by atoms with E-state index in [-0.39, 0.29) is 6.10 Å². The number of carbonyl (C=O) groups is 1. The average molecular weight is 198 g/mol. The van der Waals surface area contributed by atoms with Crippen molar-refractivity contribution in [1.29, 1.82) is 0 Å². The first-order chi connectivity index (χ1) is 6.64. The predicted molar refractivity (Wildman–Crippen MR) is 52.0 cm³/mol. The zero-order valence-corrected chi connectivity index (χ0v) is 8.82. The van der Waals surface area contributed by atoms with Crippen LogP contribution in [0.25, 0.3) is 0 Å². The quantitative estimate of drug-likeness (QED) is 0.706. The van der Waals surface area contributed by atoms with Gasteiger partial charge in [0, 0.05) is 0 Å². The standard InChI is InChI=1S/C11H18O3/c1-3-7-5-8-9(14-8)6-11(7,4-2)10(12)13/h7-9H,3-6H2,1-2H3,(H,12,13)/t7?,8-,9+,11?/m0/s1. The average Bonchev–Trinajstić information content (AvgIpc) is 2.92. The fourth-order valence-electron chi connectivity index (χ4n) is 3.00. The highest BCUT2D eigenvalue weighted by Crippen LogP contribution is 2.52.